The second-order valence-electron chi connectivity index (χ2n) is 3.73. The molecule has 0 fully saturated rings. The van der Waals surface area contributed by atoms with Crippen LogP contribution in [-0.2, 0) is 0 Å². The number of aromatic nitrogens is 1. The second kappa shape index (κ2) is 4.18. The molecule has 0 atom stereocenters. The summed E-state index contributed by atoms with van der Waals surface area (Å²) in [4.78, 5) is 4.33. The Morgan fingerprint density at radius 3 is 2.65 bits per heavy atom. The summed E-state index contributed by atoms with van der Waals surface area (Å²) in [5.41, 5.74) is 5.37. The summed E-state index contributed by atoms with van der Waals surface area (Å²) in [6.07, 6.45) is 0. The molecule has 84 valence electrons. The molecule has 3 rings (SSSR count). The van der Waals surface area contributed by atoms with Crippen molar-refractivity contribution in [3.05, 3.63) is 48.0 Å². The average molecular weight is 241 g/mol. The van der Waals surface area contributed by atoms with Gasteiger partial charge in [-0.1, -0.05) is 24.3 Å². The number of hydrogen-bond donors (Lipinski definition) is 0. The molecule has 0 saturated carbocycles. The Bertz CT molecular complexity index is 643. The minimum absolute atomic E-state index is 0.880. The van der Waals surface area contributed by atoms with Crippen molar-refractivity contribution in [1.82, 2.24) is 4.98 Å². The first-order chi connectivity index (χ1) is 8.38. The second-order valence-corrected chi connectivity index (χ2v) is 4.59. The van der Waals surface area contributed by atoms with E-state index in [0.29, 0.717) is 0 Å². The molecule has 1 heterocycles. The van der Waals surface area contributed by atoms with Gasteiger partial charge in [-0.05, 0) is 23.8 Å². The average Bonchev–Trinajstić information content (AvgIpc) is 2.87. The zero-order valence-electron chi connectivity index (χ0n) is 9.38. The van der Waals surface area contributed by atoms with E-state index in [1.807, 2.05) is 29.8 Å². The van der Waals surface area contributed by atoms with Gasteiger partial charge in [0.05, 0.1) is 22.8 Å². The standard InChI is InChI=1S/C14H11NOS/c1-16-11-7-5-10(6-8-11)12-3-2-4-13-14(12)17-9-15-13/h2-9H,1H3. The van der Waals surface area contributed by atoms with E-state index >= 15 is 0 Å². The van der Waals surface area contributed by atoms with E-state index in [1.165, 1.54) is 15.8 Å². The van der Waals surface area contributed by atoms with E-state index in [4.69, 9.17) is 4.74 Å². The Hall–Kier alpha value is -1.87. The molecule has 0 unspecified atom stereocenters. The first-order valence-corrected chi connectivity index (χ1v) is 6.23. The lowest BCUT2D eigenvalue weighted by atomic mass is 10.1. The zero-order valence-corrected chi connectivity index (χ0v) is 10.2. The van der Waals surface area contributed by atoms with Crippen molar-refractivity contribution in [2.75, 3.05) is 7.11 Å². The van der Waals surface area contributed by atoms with Crippen LogP contribution in [0.25, 0.3) is 21.3 Å². The zero-order chi connectivity index (χ0) is 11.7. The third-order valence-corrected chi connectivity index (χ3v) is 3.63. The lowest BCUT2D eigenvalue weighted by Gasteiger charge is -2.04. The van der Waals surface area contributed by atoms with Gasteiger partial charge in [-0.25, -0.2) is 4.98 Å². The van der Waals surface area contributed by atoms with Crippen LogP contribution in [0.1, 0.15) is 0 Å². The number of ether oxygens (including phenoxy) is 1. The first-order valence-electron chi connectivity index (χ1n) is 5.35. The molecule has 0 aliphatic carbocycles. The molecule has 17 heavy (non-hydrogen) atoms. The SMILES string of the molecule is COc1ccc(-c2cccc3ncsc23)cc1. The maximum Gasteiger partial charge on any atom is 0.118 e. The molecule has 0 aliphatic heterocycles. The maximum atomic E-state index is 5.17. The molecule has 0 bridgehead atoms. The Morgan fingerprint density at radius 1 is 1.06 bits per heavy atom. The summed E-state index contributed by atoms with van der Waals surface area (Å²) in [6, 6.07) is 14.3. The number of fused-ring (bicyclic) bond motifs is 1. The van der Waals surface area contributed by atoms with Crippen LogP contribution < -0.4 is 4.74 Å². The van der Waals surface area contributed by atoms with Crippen molar-refractivity contribution < 1.29 is 4.74 Å². The first kappa shape index (κ1) is 10.3. The molecule has 0 radical (unpaired) electrons. The Kier molecular flexibility index (Phi) is 2.53. The molecule has 2 nitrogen and oxygen atoms in total. The van der Waals surface area contributed by atoms with Gasteiger partial charge in [0.1, 0.15) is 5.75 Å². The lowest BCUT2D eigenvalue weighted by Crippen LogP contribution is -1.83. The third kappa shape index (κ3) is 1.78. The highest BCUT2D eigenvalue weighted by Crippen LogP contribution is 2.31. The summed E-state index contributed by atoms with van der Waals surface area (Å²) in [6.45, 7) is 0. The molecule has 0 spiro atoms. The third-order valence-electron chi connectivity index (χ3n) is 2.76. The molecular weight excluding hydrogens is 230 g/mol. The van der Waals surface area contributed by atoms with Gasteiger partial charge in [-0.3, -0.25) is 0 Å². The van der Waals surface area contributed by atoms with Crippen molar-refractivity contribution in [2.45, 2.75) is 0 Å². The van der Waals surface area contributed by atoms with E-state index < -0.39 is 0 Å². The molecule has 0 aliphatic rings. The van der Waals surface area contributed by atoms with Gasteiger partial charge in [-0.2, -0.15) is 0 Å². The summed E-state index contributed by atoms with van der Waals surface area (Å²) >= 11 is 1.68. The predicted octanol–water partition coefficient (Wildman–Crippen LogP) is 3.97. The van der Waals surface area contributed by atoms with Crippen LogP contribution in [-0.4, -0.2) is 12.1 Å². The highest BCUT2D eigenvalue weighted by atomic mass is 32.1. The number of thiazole rings is 1. The molecule has 0 amide bonds. The minimum Gasteiger partial charge on any atom is -0.497 e. The number of methoxy groups -OCH3 is 1. The van der Waals surface area contributed by atoms with E-state index in [2.05, 4.69) is 23.2 Å². The number of hydrogen-bond acceptors (Lipinski definition) is 3. The van der Waals surface area contributed by atoms with Gasteiger partial charge in [-0.15, -0.1) is 11.3 Å². The monoisotopic (exact) mass is 241 g/mol. The Morgan fingerprint density at radius 2 is 1.88 bits per heavy atom. The van der Waals surface area contributed by atoms with Crippen LogP contribution in [0.15, 0.2) is 48.0 Å². The fourth-order valence-electron chi connectivity index (χ4n) is 1.88. The molecule has 0 saturated heterocycles. The van der Waals surface area contributed by atoms with Crippen LogP contribution >= 0.6 is 11.3 Å². The van der Waals surface area contributed by atoms with Gasteiger partial charge in [0.15, 0.2) is 0 Å². The van der Waals surface area contributed by atoms with Gasteiger partial charge < -0.3 is 4.74 Å². The van der Waals surface area contributed by atoms with Crippen LogP contribution in [0.5, 0.6) is 5.75 Å². The summed E-state index contributed by atoms with van der Waals surface area (Å²) < 4.78 is 6.40. The van der Waals surface area contributed by atoms with Gasteiger partial charge in [0.25, 0.3) is 0 Å². The molecular formula is C14H11NOS. The highest BCUT2D eigenvalue weighted by Gasteiger charge is 2.05. The van der Waals surface area contributed by atoms with E-state index in [9.17, 15) is 0 Å². The largest absolute Gasteiger partial charge is 0.497 e. The van der Waals surface area contributed by atoms with Crippen molar-refractivity contribution in [3.8, 4) is 16.9 Å². The minimum atomic E-state index is 0.880. The van der Waals surface area contributed by atoms with Crippen molar-refractivity contribution in [2.24, 2.45) is 0 Å². The topological polar surface area (TPSA) is 22.1 Å². The van der Waals surface area contributed by atoms with Crippen LogP contribution in [0.2, 0.25) is 0 Å². The molecule has 0 N–H and O–H groups in total. The van der Waals surface area contributed by atoms with Gasteiger partial charge in [0.2, 0.25) is 0 Å². The molecule has 2 aromatic carbocycles. The van der Waals surface area contributed by atoms with Crippen LogP contribution in [0.3, 0.4) is 0 Å². The van der Waals surface area contributed by atoms with E-state index in [0.717, 1.165) is 11.3 Å². The summed E-state index contributed by atoms with van der Waals surface area (Å²) in [5, 5.41) is 0. The van der Waals surface area contributed by atoms with Gasteiger partial charge in [0, 0.05) is 5.56 Å². The lowest BCUT2D eigenvalue weighted by molar-refractivity contribution is 0.415. The quantitative estimate of drug-likeness (QED) is 0.677. The van der Waals surface area contributed by atoms with Crippen molar-refractivity contribution in [1.29, 1.82) is 0 Å². The van der Waals surface area contributed by atoms with Crippen LogP contribution in [0.4, 0.5) is 0 Å². The number of benzene rings is 2. The van der Waals surface area contributed by atoms with Gasteiger partial charge >= 0.3 is 0 Å². The fraction of sp³-hybridized carbons (Fsp3) is 0.0714. The normalized spacial score (nSPS) is 10.6. The van der Waals surface area contributed by atoms with Crippen molar-refractivity contribution >= 4 is 21.6 Å². The number of rotatable bonds is 2. The Balaban J connectivity index is 2.16. The molecule has 1 aromatic heterocycles. The van der Waals surface area contributed by atoms with Crippen molar-refractivity contribution in [3.63, 3.8) is 0 Å². The maximum absolute atomic E-state index is 5.17. The molecule has 3 heteroatoms. The number of nitrogens with zero attached hydrogens (tertiary/aromatic N) is 1. The van der Waals surface area contributed by atoms with E-state index in [1.54, 1.807) is 18.4 Å². The summed E-state index contributed by atoms with van der Waals surface area (Å²) in [5.74, 6) is 0.880. The molecule has 3 aromatic rings. The van der Waals surface area contributed by atoms with E-state index in [-0.39, 0.29) is 0 Å². The summed E-state index contributed by atoms with van der Waals surface area (Å²) in [7, 11) is 1.68. The Labute approximate surface area is 104 Å². The predicted molar refractivity (Wildman–Crippen MR) is 71.6 cm³/mol. The smallest absolute Gasteiger partial charge is 0.118 e. The van der Waals surface area contributed by atoms with Crippen LogP contribution in [0, 0.1) is 0 Å². The fourth-order valence-corrected chi connectivity index (χ4v) is 2.71. The highest BCUT2D eigenvalue weighted by molar-refractivity contribution is 7.17.